The van der Waals surface area contributed by atoms with Crippen molar-refractivity contribution in [3.05, 3.63) is 46.3 Å². The van der Waals surface area contributed by atoms with E-state index in [0.717, 1.165) is 18.7 Å². The van der Waals surface area contributed by atoms with Crippen LogP contribution in [-0.4, -0.2) is 40.2 Å². The van der Waals surface area contributed by atoms with Gasteiger partial charge in [0.05, 0.1) is 29.1 Å². The molecule has 1 saturated heterocycles. The number of hydrogen-bond donors (Lipinski definition) is 1. The number of halogens is 2. The molecule has 6 nitrogen and oxygen atoms in total. The van der Waals surface area contributed by atoms with Crippen LogP contribution in [0.1, 0.15) is 5.56 Å². The summed E-state index contributed by atoms with van der Waals surface area (Å²) in [4.78, 5) is 18.5. The predicted molar refractivity (Wildman–Crippen MR) is 99.4 cm³/mol. The van der Waals surface area contributed by atoms with Gasteiger partial charge in [-0.3, -0.25) is 0 Å². The van der Waals surface area contributed by atoms with E-state index in [4.69, 9.17) is 27.9 Å². The zero-order chi connectivity index (χ0) is 18.3. The molecule has 4 rings (SSSR count). The molecule has 1 N–H and O–H groups in total. The van der Waals surface area contributed by atoms with Crippen LogP contribution in [0.15, 0.2) is 30.7 Å². The second kappa shape index (κ2) is 7.10. The van der Waals surface area contributed by atoms with Gasteiger partial charge in [-0.05, 0) is 42.5 Å². The number of nitrogens with zero attached hydrogens (tertiary/aromatic N) is 3. The van der Waals surface area contributed by atoms with Crippen LogP contribution in [0, 0.1) is 17.8 Å². The number of aromatic nitrogens is 2. The normalized spacial score (nSPS) is 23.6. The Morgan fingerprint density at radius 2 is 2.15 bits per heavy atom. The molecule has 1 aliphatic heterocycles. The lowest BCUT2D eigenvalue weighted by Crippen LogP contribution is -2.36. The number of aryl methyl sites for hydroxylation is 1. The lowest BCUT2D eigenvalue weighted by Gasteiger charge is -2.23. The maximum atomic E-state index is 12.8. The van der Waals surface area contributed by atoms with E-state index in [1.807, 2.05) is 19.2 Å². The number of rotatable bonds is 5. The lowest BCUT2D eigenvalue weighted by atomic mass is 10.2. The van der Waals surface area contributed by atoms with E-state index in [0.29, 0.717) is 40.9 Å². The fourth-order valence-electron chi connectivity index (χ4n) is 3.75. The van der Waals surface area contributed by atoms with Crippen LogP contribution in [-0.2, 0) is 13.6 Å². The van der Waals surface area contributed by atoms with Gasteiger partial charge in [0.15, 0.2) is 0 Å². The van der Waals surface area contributed by atoms with Gasteiger partial charge < -0.3 is 19.5 Å². The molecule has 2 aliphatic rings. The van der Waals surface area contributed by atoms with E-state index in [9.17, 15) is 4.79 Å². The summed E-state index contributed by atoms with van der Waals surface area (Å²) in [6.07, 6.45) is 2.84. The summed E-state index contributed by atoms with van der Waals surface area (Å²) in [6, 6.07) is 5.45. The Balaban J connectivity index is 1.50. The number of nitrogens with one attached hydrogen (secondary N) is 1. The molecule has 2 fully saturated rings. The number of fused-ring (bicyclic) bond motifs is 1. The molecule has 8 heteroatoms. The fourth-order valence-corrected chi connectivity index (χ4v) is 4.13. The molecule has 26 heavy (non-hydrogen) atoms. The monoisotopic (exact) mass is 394 g/mol. The first kappa shape index (κ1) is 17.6. The maximum Gasteiger partial charge on any atom is 0.416 e. The largest absolute Gasteiger partial charge is 0.416 e. The van der Waals surface area contributed by atoms with E-state index in [1.54, 1.807) is 28.1 Å². The number of hydrogen-bond acceptors (Lipinski definition) is 4. The highest BCUT2D eigenvalue weighted by atomic mass is 35.5. The highest BCUT2D eigenvalue weighted by Crippen LogP contribution is 2.49. The molecular weight excluding hydrogens is 375 g/mol. The Kier molecular flexibility index (Phi) is 4.82. The molecule has 0 bridgehead atoms. The Morgan fingerprint density at radius 3 is 2.85 bits per heavy atom. The second-order valence-corrected chi connectivity index (χ2v) is 7.77. The topological polar surface area (TPSA) is 59.4 Å². The van der Waals surface area contributed by atoms with Gasteiger partial charge in [-0.15, -0.1) is 0 Å². The summed E-state index contributed by atoms with van der Waals surface area (Å²) in [5.41, 5.74) is 0.807. The standard InChI is InChI=1S/C18H20Cl2N4O2/c1-23-9-16(22-10-23)26-18(25)24(8-14-12-5-21-6-13(12)14)7-11-3-2-4-15(19)17(11)20/h2-4,9-10,12-14,21H,5-8H2,1H3. The van der Waals surface area contributed by atoms with Gasteiger partial charge in [0.2, 0.25) is 5.88 Å². The van der Waals surface area contributed by atoms with Crippen molar-refractivity contribution < 1.29 is 9.53 Å². The van der Waals surface area contributed by atoms with Crippen molar-refractivity contribution in [2.24, 2.45) is 24.8 Å². The summed E-state index contributed by atoms with van der Waals surface area (Å²) in [6.45, 7) is 3.05. The van der Waals surface area contributed by atoms with Gasteiger partial charge in [0.25, 0.3) is 0 Å². The van der Waals surface area contributed by atoms with Crippen LogP contribution < -0.4 is 10.1 Å². The van der Waals surface area contributed by atoms with E-state index in [2.05, 4.69) is 10.3 Å². The van der Waals surface area contributed by atoms with Crippen molar-refractivity contribution in [1.29, 1.82) is 0 Å². The van der Waals surface area contributed by atoms with Crippen LogP contribution in [0.25, 0.3) is 0 Å². The van der Waals surface area contributed by atoms with Crippen molar-refractivity contribution >= 4 is 29.3 Å². The summed E-state index contributed by atoms with van der Waals surface area (Å²) in [5.74, 6) is 2.09. The molecule has 0 spiro atoms. The highest BCUT2D eigenvalue weighted by Gasteiger charge is 2.53. The second-order valence-electron chi connectivity index (χ2n) is 6.99. The first-order chi connectivity index (χ1) is 12.5. The molecule has 1 aromatic carbocycles. The molecule has 2 heterocycles. The Hall–Kier alpha value is -1.76. The third kappa shape index (κ3) is 3.54. The van der Waals surface area contributed by atoms with Crippen molar-refractivity contribution in [2.75, 3.05) is 19.6 Å². The zero-order valence-electron chi connectivity index (χ0n) is 14.4. The number of imidazole rings is 1. The lowest BCUT2D eigenvalue weighted by molar-refractivity contribution is 0.143. The minimum absolute atomic E-state index is 0.289. The third-order valence-corrected chi connectivity index (χ3v) is 6.08. The van der Waals surface area contributed by atoms with Gasteiger partial charge in [-0.2, -0.15) is 0 Å². The zero-order valence-corrected chi connectivity index (χ0v) is 15.9. The van der Waals surface area contributed by atoms with Crippen LogP contribution in [0.4, 0.5) is 4.79 Å². The molecule has 1 aliphatic carbocycles. The molecule has 138 valence electrons. The van der Waals surface area contributed by atoms with Crippen molar-refractivity contribution in [2.45, 2.75) is 6.54 Å². The molecule has 0 radical (unpaired) electrons. The molecule has 1 saturated carbocycles. The number of carbonyl (C=O) groups excluding carboxylic acids is 1. The Morgan fingerprint density at radius 1 is 1.38 bits per heavy atom. The Labute approximate surface area is 162 Å². The van der Waals surface area contributed by atoms with Crippen LogP contribution >= 0.6 is 23.2 Å². The molecule has 1 amide bonds. The molecular formula is C18H20Cl2N4O2. The SMILES string of the molecule is Cn1cnc(OC(=O)N(Cc2cccc(Cl)c2Cl)CC2C3CNCC32)c1. The first-order valence-electron chi connectivity index (χ1n) is 8.61. The average molecular weight is 395 g/mol. The number of benzene rings is 1. The summed E-state index contributed by atoms with van der Waals surface area (Å²) >= 11 is 12.4. The number of ether oxygens (including phenoxy) is 1. The van der Waals surface area contributed by atoms with Gasteiger partial charge in [0.1, 0.15) is 0 Å². The van der Waals surface area contributed by atoms with Crippen molar-refractivity contribution in [1.82, 2.24) is 19.8 Å². The third-order valence-electron chi connectivity index (χ3n) is 5.22. The molecule has 2 atom stereocenters. The van der Waals surface area contributed by atoms with E-state index in [-0.39, 0.29) is 5.88 Å². The predicted octanol–water partition coefficient (Wildman–Crippen LogP) is 3.19. The van der Waals surface area contributed by atoms with E-state index in [1.165, 1.54) is 0 Å². The smallest absolute Gasteiger partial charge is 0.389 e. The fraction of sp³-hybridized carbons (Fsp3) is 0.444. The highest BCUT2D eigenvalue weighted by molar-refractivity contribution is 6.42. The summed E-state index contributed by atoms with van der Waals surface area (Å²) in [7, 11) is 1.83. The molecule has 2 unspecified atom stereocenters. The number of amides is 1. The van der Waals surface area contributed by atoms with Gasteiger partial charge in [-0.25, -0.2) is 9.78 Å². The summed E-state index contributed by atoms with van der Waals surface area (Å²) < 4.78 is 7.19. The maximum absolute atomic E-state index is 12.8. The summed E-state index contributed by atoms with van der Waals surface area (Å²) in [5, 5.41) is 4.33. The average Bonchev–Trinajstić information content (AvgIpc) is 2.95. The van der Waals surface area contributed by atoms with Crippen LogP contribution in [0.3, 0.4) is 0 Å². The van der Waals surface area contributed by atoms with Crippen molar-refractivity contribution in [3.8, 4) is 5.88 Å². The van der Waals surface area contributed by atoms with Crippen molar-refractivity contribution in [3.63, 3.8) is 0 Å². The van der Waals surface area contributed by atoms with Gasteiger partial charge >= 0.3 is 6.09 Å². The molecule has 2 aromatic rings. The van der Waals surface area contributed by atoms with Gasteiger partial charge in [-0.1, -0.05) is 35.3 Å². The molecule has 1 aromatic heterocycles. The van der Waals surface area contributed by atoms with E-state index < -0.39 is 6.09 Å². The van der Waals surface area contributed by atoms with E-state index >= 15 is 0 Å². The Bertz CT molecular complexity index is 815. The van der Waals surface area contributed by atoms with Crippen LogP contribution in [0.5, 0.6) is 5.88 Å². The number of piperidine rings is 1. The number of carbonyl (C=O) groups is 1. The van der Waals surface area contributed by atoms with Gasteiger partial charge in [0, 0.05) is 13.6 Å². The minimum atomic E-state index is -0.419. The first-order valence-corrected chi connectivity index (χ1v) is 9.37. The quantitative estimate of drug-likeness (QED) is 0.845. The van der Waals surface area contributed by atoms with Crippen LogP contribution in [0.2, 0.25) is 10.0 Å². The minimum Gasteiger partial charge on any atom is -0.389 e.